The van der Waals surface area contributed by atoms with Crippen LogP contribution in [0, 0.1) is 0 Å². The van der Waals surface area contributed by atoms with E-state index in [0.717, 1.165) is 5.69 Å². The van der Waals surface area contributed by atoms with Gasteiger partial charge in [-0.05, 0) is 30.3 Å². The fourth-order valence-corrected chi connectivity index (χ4v) is 2.31. The number of carbonyl (C=O) groups is 1. The van der Waals surface area contributed by atoms with Crippen molar-refractivity contribution < 1.29 is 4.79 Å². The molecule has 24 heavy (non-hydrogen) atoms. The molecule has 122 valence electrons. The number of benzene rings is 1. The highest BCUT2D eigenvalue weighted by Gasteiger charge is 2.13. The molecule has 0 fully saturated rings. The van der Waals surface area contributed by atoms with Crippen LogP contribution in [-0.2, 0) is 11.8 Å². The van der Waals surface area contributed by atoms with E-state index in [0.29, 0.717) is 17.1 Å². The maximum atomic E-state index is 12.0. The SMILES string of the molecule is CC(=O)Nc1cccc(N=Nc2c(-c3cccn3C)[nH][nH]c2=O)c1. The van der Waals surface area contributed by atoms with Crippen LogP contribution in [-0.4, -0.2) is 20.7 Å². The van der Waals surface area contributed by atoms with Gasteiger partial charge < -0.3 is 9.88 Å². The van der Waals surface area contributed by atoms with E-state index in [4.69, 9.17) is 0 Å². The molecule has 0 saturated heterocycles. The molecule has 0 aliphatic rings. The smallest absolute Gasteiger partial charge is 0.292 e. The van der Waals surface area contributed by atoms with Crippen LogP contribution in [0.1, 0.15) is 6.92 Å². The minimum atomic E-state index is -0.354. The third-order valence-corrected chi connectivity index (χ3v) is 3.38. The molecular weight excluding hydrogens is 308 g/mol. The van der Waals surface area contributed by atoms with Gasteiger partial charge in [0, 0.05) is 25.9 Å². The highest BCUT2D eigenvalue weighted by molar-refractivity contribution is 5.89. The van der Waals surface area contributed by atoms with E-state index >= 15 is 0 Å². The standard InChI is InChI=1S/C16H16N6O2/c1-10(23)17-11-5-3-6-12(9-11)18-20-15-14(19-21-16(15)24)13-7-4-8-22(13)2/h3-9H,1-2H3,(H,17,23)(H2,19,21,24). The second-order valence-corrected chi connectivity index (χ2v) is 5.24. The van der Waals surface area contributed by atoms with Gasteiger partial charge in [-0.3, -0.25) is 19.8 Å². The molecule has 0 spiro atoms. The number of nitrogens with zero attached hydrogens (tertiary/aromatic N) is 3. The summed E-state index contributed by atoms with van der Waals surface area (Å²) in [5.74, 6) is -0.169. The molecule has 0 aliphatic heterocycles. The van der Waals surface area contributed by atoms with Crippen LogP contribution in [0.15, 0.2) is 57.6 Å². The van der Waals surface area contributed by atoms with Gasteiger partial charge in [-0.25, -0.2) is 0 Å². The molecule has 8 heteroatoms. The van der Waals surface area contributed by atoms with Gasteiger partial charge in [0.1, 0.15) is 5.69 Å². The van der Waals surface area contributed by atoms with Crippen LogP contribution in [0.4, 0.5) is 17.1 Å². The largest absolute Gasteiger partial charge is 0.349 e. The number of carbonyl (C=O) groups excluding carboxylic acids is 1. The Bertz CT molecular complexity index is 963. The molecule has 0 radical (unpaired) electrons. The second-order valence-electron chi connectivity index (χ2n) is 5.24. The number of anilines is 1. The van der Waals surface area contributed by atoms with Crippen molar-refractivity contribution in [3.63, 3.8) is 0 Å². The average Bonchev–Trinajstić information content (AvgIpc) is 3.10. The highest BCUT2D eigenvalue weighted by Crippen LogP contribution is 2.27. The molecule has 0 aliphatic carbocycles. The molecule has 3 N–H and O–H groups in total. The Labute approximate surface area is 137 Å². The van der Waals surface area contributed by atoms with Crippen molar-refractivity contribution >= 4 is 23.0 Å². The quantitative estimate of drug-likeness (QED) is 0.641. The summed E-state index contributed by atoms with van der Waals surface area (Å²) < 4.78 is 1.87. The van der Waals surface area contributed by atoms with Crippen LogP contribution in [0.25, 0.3) is 11.4 Å². The summed E-state index contributed by atoms with van der Waals surface area (Å²) in [6.45, 7) is 1.43. The zero-order valence-corrected chi connectivity index (χ0v) is 13.2. The number of hydrogen-bond acceptors (Lipinski definition) is 4. The summed E-state index contributed by atoms with van der Waals surface area (Å²) in [6, 6.07) is 10.7. The third kappa shape index (κ3) is 3.17. The Morgan fingerprint density at radius 3 is 2.71 bits per heavy atom. The van der Waals surface area contributed by atoms with Crippen LogP contribution in [0.3, 0.4) is 0 Å². The maximum Gasteiger partial charge on any atom is 0.292 e. The summed E-state index contributed by atoms with van der Waals surface area (Å²) in [4.78, 5) is 23.1. The Hall–Kier alpha value is -3.42. The molecular formula is C16H16N6O2. The number of azo groups is 1. The lowest BCUT2D eigenvalue weighted by molar-refractivity contribution is -0.114. The topological polar surface area (TPSA) is 107 Å². The molecule has 2 aromatic heterocycles. The molecule has 1 aromatic carbocycles. The minimum absolute atomic E-state index is 0.169. The Morgan fingerprint density at radius 1 is 1.17 bits per heavy atom. The number of hydrogen-bond donors (Lipinski definition) is 3. The zero-order valence-electron chi connectivity index (χ0n) is 13.2. The predicted octanol–water partition coefficient (Wildman–Crippen LogP) is 3.08. The molecule has 0 unspecified atom stereocenters. The van der Waals surface area contributed by atoms with Crippen molar-refractivity contribution in [1.29, 1.82) is 0 Å². The van der Waals surface area contributed by atoms with Crippen molar-refractivity contribution in [3.8, 4) is 11.4 Å². The Morgan fingerprint density at radius 2 is 2.00 bits per heavy atom. The summed E-state index contributed by atoms with van der Waals surface area (Å²) in [7, 11) is 1.87. The van der Waals surface area contributed by atoms with Gasteiger partial charge in [0.2, 0.25) is 5.91 Å². The lowest BCUT2D eigenvalue weighted by Crippen LogP contribution is -2.05. The van der Waals surface area contributed by atoms with Crippen LogP contribution >= 0.6 is 0 Å². The molecule has 0 atom stereocenters. The first kappa shape index (κ1) is 15.5. The highest BCUT2D eigenvalue weighted by atomic mass is 16.1. The molecule has 1 amide bonds. The van der Waals surface area contributed by atoms with Crippen LogP contribution in [0.2, 0.25) is 0 Å². The molecule has 3 rings (SSSR count). The summed E-state index contributed by atoms with van der Waals surface area (Å²) >= 11 is 0. The van der Waals surface area contributed by atoms with Crippen molar-refractivity contribution in [3.05, 3.63) is 52.9 Å². The fraction of sp³-hybridized carbons (Fsp3) is 0.125. The predicted molar refractivity (Wildman–Crippen MR) is 90.7 cm³/mol. The van der Waals surface area contributed by atoms with E-state index in [9.17, 15) is 9.59 Å². The van der Waals surface area contributed by atoms with E-state index in [1.165, 1.54) is 6.92 Å². The van der Waals surface area contributed by atoms with E-state index in [1.807, 2.05) is 29.9 Å². The molecule has 0 saturated carbocycles. The lowest BCUT2D eigenvalue weighted by atomic mass is 10.3. The average molecular weight is 324 g/mol. The zero-order chi connectivity index (χ0) is 17.1. The van der Waals surface area contributed by atoms with Crippen molar-refractivity contribution in [1.82, 2.24) is 14.8 Å². The van der Waals surface area contributed by atoms with Gasteiger partial charge in [-0.2, -0.15) is 5.11 Å². The Balaban J connectivity index is 1.93. The third-order valence-electron chi connectivity index (χ3n) is 3.38. The van der Waals surface area contributed by atoms with E-state index in [-0.39, 0.29) is 17.2 Å². The van der Waals surface area contributed by atoms with Gasteiger partial charge in [0.05, 0.1) is 11.4 Å². The van der Waals surface area contributed by atoms with Crippen LogP contribution in [0.5, 0.6) is 0 Å². The second kappa shape index (κ2) is 6.37. The molecule has 3 aromatic rings. The van der Waals surface area contributed by atoms with E-state index in [2.05, 4.69) is 25.7 Å². The Kier molecular flexibility index (Phi) is 4.11. The number of aromatic nitrogens is 3. The molecule has 8 nitrogen and oxygen atoms in total. The first-order valence-electron chi connectivity index (χ1n) is 7.26. The number of aromatic amines is 2. The normalized spacial score (nSPS) is 11.1. The fourth-order valence-electron chi connectivity index (χ4n) is 2.31. The number of aryl methyl sites for hydroxylation is 1. The van der Waals surface area contributed by atoms with Crippen LogP contribution < -0.4 is 10.9 Å². The number of rotatable bonds is 4. The van der Waals surface area contributed by atoms with Gasteiger partial charge in [0.15, 0.2) is 5.69 Å². The van der Waals surface area contributed by atoms with Crippen molar-refractivity contribution in [2.24, 2.45) is 17.3 Å². The van der Waals surface area contributed by atoms with E-state index < -0.39 is 0 Å². The van der Waals surface area contributed by atoms with Crippen molar-refractivity contribution in [2.45, 2.75) is 6.92 Å². The summed E-state index contributed by atoms with van der Waals surface area (Å²) in [6.07, 6.45) is 1.87. The first-order chi connectivity index (χ1) is 11.5. The van der Waals surface area contributed by atoms with Gasteiger partial charge in [0.25, 0.3) is 5.56 Å². The van der Waals surface area contributed by atoms with Crippen molar-refractivity contribution in [2.75, 3.05) is 5.32 Å². The van der Waals surface area contributed by atoms with Gasteiger partial charge in [-0.1, -0.05) is 6.07 Å². The first-order valence-corrected chi connectivity index (χ1v) is 7.26. The molecule has 0 bridgehead atoms. The number of amides is 1. The summed E-state index contributed by atoms with van der Waals surface area (Å²) in [5, 5.41) is 16.2. The lowest BCUT2D eigenvalue weighted by Gasteiger charge is -2.02. The molecule has 2 heterocycles. The summed E-state index contributed by atoms with van der Waals surface area (Å²) in [5.41, 5.74) is 2.36. The monoisotopic (exact) mass is 324 g/mol. The maximum absolute atomic E-state index is 12.0. The number of nitrogens with one attached hydrogen (secondary N) is 3. The van der Waals surface area contributed by atoms with E-state index in [1.54, 1.807) is 24.3 Å². The van der Waals surface area contributed by atoms with Gasteiger partial charge >= 0.3 is 0 Å². The number of H-pyrrole nitrogens is 2. The minimum Gasteiger partial charge on any atom is -0.349 e. The van der Waals surface area contributed by atoms with Gasteiger partial charge in [-0.15, -0.1) is 5.11 Å².